The summed E-state index contributed by atoms with van der Waals surface area (Å²) in [6.07, 6.45) is 2.43. The van der Waals surface area contributed by atoms with Crippen LogP contribution >= 0.6 is 23.3 Å². The van der Waals surface area contributed by atoms with Crippen LogP contribution in [0.15, 0.2) is 44.8 Å². The molecule has 0 spiro atoms. The number of hydrogen-bond acceptors (Lipinski definition) is 11. The molecule has 4 aliphatic rings. The average molecular weight is 593 g/mol. The van der Waals surface area contributed by atoms with Gasteiger partial charge in [-0.1, -0.05) is 0 Å². The van der Waals surface area contributed by atoms with Crippen molar-refractivity contribution in [2.75, 3.05) is 20.5 Å². The van der Waals surface area contributed by atoms with Crippen molar-refractivity contribution in [1.29, 1.82) is 0 Å². The van der Waals surface area contributed by atoms with Crippen LogP contribution in [-0.4, -0.2) is 68.9 Å². The number of amidine groups is 1. The Kier molecular flexibility index (Phi) is 6.78. The normalized spacial score (nSPS) is 25.8. The van der Waals surface area contributed by atoms with Crippen LogP contribution in [0.5, 0.6) is 11.5 Å². The fourth-order valence-electron chi connectivity index (χ4n) is 5.73. The van der Waals surface area contributed by atoms with Gasteiger partial charge in [0.25, 0.3) is 5.91 Å². The molecule has 6 rings (SSSR count). The van der Waals surface area contributed by atoms with E-state index in [0.29, 0.717) is 16.5 Å². The lowest BCUT2D eigenvalue weighted by Crippen LogP contribution is -2.55. The van der Waals surface area contributed by atoms with Gasteiger partial charge in [-0.3, -0.25) is 4.79 Å². The van der Waals surface area contributed by atoms with E-state index in [1.165, 1.54) is 23.3 Å². The van der Waals surface area contributed by atoms with E-state index < -0.39 is 10.0 Å². The van der Waals surface area contributed by atoms with E-state index in [2.05, 4.69) is 14.4 Å². The number of aliphatic hydroxyl groups excluding tert-OH is 1. The second-order valence-corrected chi connectivity index (χ2v) is 13.3. The van der Waals surface area contributed by atoms with Gasteiger partial charge in [0.2, 0.25) is 10.0 Å². The summed E-state index contributed by atoms with van der Waals surface area (Å²) < 4.78 is 45.8. The summed E-state index contributed by atoms with van der Waals surface area (Å²) in [5, 5.41) is 13.9. The monoisotopic (exact) mass is 592 g/mol. The quantitative estimate of drug-likeness (QED) is 0.395. The molecule has 208 valence electrons. The van der Waals surface area contributed by atoms with Gasteiger partial charge in [-0.05, 0) is 47.9 Å². The average Bonchev–Trinajstić information content (AvgIpc) is 3.64. The summed E-state index contributed by atoms with van der Waals surface area (Å²) in [5.74, 6) is 0.831. The van der Waals surface area contributed by atoms with E-state index in [9.17, 15) is 18.3 Å². The molecule has 14 heteroatoms. The number of nitrogens with one attached hydrogen (secondary N) is 2. The largest absolute Gasteiger partial charge is 0.511 e. The molecule has 1 aromatic carbocycles. The SMILES string of the molecule is COc1ccc(CN2C(=O)C(C3=Nc4scc(CNS(C)(=O)=O)c4SN3)=C(O)C3C4CCC(O4)C32)c(OC)c1. The number of amides is 1. The molecule has 4 atom stereocenters. The standard InChI is InChI=1S/C25H28N4O7S3/c1-34-14-5-4-12(17(8-14)35-2)10-29-20-16-7-6-15(36-16)18(20)21(30)19(25(29)31)23-27-24-22(38-28-23)13(11-37-24)9-26-39(3,32)33/h4-5,8,11,15-16,18,20,26,30H,6-7,9-10H2,1-3H3,(H,27,28). The van der Waals surface area contributed by atoms with Crippen LogP contribution in [0.1, 0.15) is 24.0 Å². The van der Waals surface area contributed by atoms with Crippen LogP contribution in [0.25, 0.3) is 0 Å². The number of aliphatic hydroxyl groups is 1. The highest BCUT2D eigenvalue weighted by Crippen LogP contribution is 2.49. The van der Waals surface area contributed by atoms with Crippen molar-refractivity contribution < 1.29 is 32.5 Å². The van der Waals surface area contributed by atoms with Gasteiger partial charge >= 0.3 is 0 Å². The Balaban J connectivity index is 1.36. The molecule has 0 aliphatic carbocycles. The van der Waals surface area contributed by atoms with Crippen molar-refractivity contribution >= 4 is 50.1 Å². The highest BCUT2D eigenvalue weighted by molar-refractivity contribution is 7.98. The number of carbonyl (C=O) groups is 1. The topological polar surface area (TPSA) is 139 Å². The first-order valence-corrected chi connectivity index (χ1v) is 15.9. The molecular formula is C25H28N4O7S3. The molecule has 2 aromatic rings. The van der Waals surface area contributed by atoms with Gasteiger partial charge in [-0.2, -0.15) is 0 Å². The van der Waals surface area contributed by atoms with Gasteiger partial charge in [0.1, 0.15) is 27.8 Å². The summed E-state index contributed by atoms with van der Waals surface area (Å²) in [6.45, 7) is 0.404. The summed E-state index contributed by atoms with van der Waals surface area (Å²) in [5.41, 5.74) is 1.72. The first-order valence-electron chi connectivity index (χ1n) is 12.4. The third kappa shape index (κ3) is 4.67. The smallest absolute Gasteiger partial charge is 0.261 e. The molecule has 0 radical (unpaired) electrons. The number of aliphatic imine (C=N–C) groups is 1. The molecule has 4 unspecified atom stereocenters. The molecule has 39 heavy (non-hydrogen) atoms. The molecule has 2 bridgehead atoms. The van der Waals surface area contributed by atoms with E-state index in [1.54, 1.807) is 25.2 Å². The summed E-state index contributed by atoms with van der Waals surface area (Å²) in [7, 11) is -0.193. The summed E-state index contributed by atoms with van der Waals surface area (Å²) in [6, 6.07) is 5.19. The van der Waals surface area contributed by atoms with Crippen LogP contribution in [0, 0.1) is 5.92 Å². The van der Waals surface area contributed by atoms with Crippen molar-refractivity contribution in [3.63, 3.8) is 0 Å². The number of benzene rings is 1. The van der Waals surface area contributed by atoms with Crippen LogP contribution in [-0.2, 0) is 32.6 Å². The minimum Gasteiger partial charge on any atom is -0.511 e. The molecule has 11 nitrogen and oxygen atoms in total. The number of fused-ring (bicyclic) bond motifs is 6. The first kappa shape index (κ1) is 26.4. The van der Waals surface area contributed by atoms with Crippen molar-refractivity contribution in [2.24, 2.45) is 10.9 Å². The molecule has 4 aliphatic heterocycles. The van der Waals surface area contributed by atoms with E-state index in [-0.39, 0.29) is 60.3 Å². The highest BCUT2D eigenvalue weighted by Gasteiger charge is 2.58. The highest BCUT2D eigenvalue weighted by atomic mass is 32.2. The zero-order chi connectivity index (χ0) is 27.5. The Morgan fingerprint density at radius 1 is 1.23 bits per heavy atom. The minimum atomic E-state index is -3.35. The third-order valence-electron chi connectivity index (χ3n) is 7.50. The van der Waals surface area contributed by atoms with Gasteiger partial charge in [0.05, 0.1) is 56.1 Å². The maximum Gasteiger partial charge on any atom is 0.261 e. The summed E-state index contributed by atoms with van der Waals surface area (Å²) >= 11 is 2.60. The van der Waals surface area contributed by atoms with E-state index in [0.717, 1.165) is 35.1 Å². The fourth-order valence-corrected chi connectivity index (χ4v) is 8.07. The Hall–Kier alpha value is -2.78. The lowest BCUT2D eigenvalue weighted by atomic mass is 9.78. The van der Waals surface area contributed by atoms with Crippen LogP contribution in [0.3, 0.4) is 0 Å². The Labute approximate surface area is 234 Å². The van der Waals surface area contributed by atoms with Gasteiger partial charge in [-0.15, -0.1) is 11.3 Å². The Morgan fingerprint density at radius 2 is 2.03 bits per heavy atom. The van der Waals surface area contributed by atoms with Gasteiger partial charge < -0.3 is 28.9 Å². The number of rotatable bonds is 8. The number of thiophene rings is 1. The van der Waals surface area contributed by atoms with E-state index in [4.69, 9.17) is 14.2 Å². The molecule has 0 saturated carbocycles. The van der Waals surface area contributed by atoms with Crippen LogP contribution in [0.4, 0.5) is 5.00 Å². The summed E-state index contributed by atoms with van der Waals surface area (Å²) in [4.78, 5) is 21.3. The molecule has 2 saturated heterocycles. The predicted octanol–water partition coefficient (Wildman–Crippen LogP) is 2.86. The lowest BCUT2D eigenvalue weighted by molar-refractivity contribution is -0.133. The van der Waals surface area contributed by atoms with Gasteiger partial charge in [0.15, 0.2) is 5.84 Å². The van der Waals surface area contributed by atoms with Crippen LogP contribution in [0.2, 0.25) is 0 Å². The maximum atomic E-state index is 14.1. The predicted molar refractivity (Wildman–Crippen MR) is 147 cm³/mol. The molecule has 1 aromatic heterocycles. The third-order valence-corrected chi connectivity index (χ3v) is 10.2. The van der Waals surface area contributed by atoms with E-state index in [1.807, 2.05) is 17.5 Å². The second-order valence-electron chi connectivity index (χ2n) is 9.83. The molecule has 5 heterocycles. The van der Waals surface area contributed by atoms with Crippen molar-refractivity contribution in [3.05, 3.63) is 46.0 Å². The maximum absolute atomic E-state index is 14.1. The Morgan fingerprint density at radius 3 is 2.77 bits per heavy atom. The minimum absolute atomic E-state index is 0.000897. The molecular weight excluding hydrogens is 564 g/mol. The fraction of sp³-hybridized carbons (Fsp3) is 0.440. The molecule has 1 amide bonds. The number of sulfonamides is 1. The number of nitrogens with zero attached hydrogens (tertiary/aromatic N) is 2. The van der Waals surface area contributed by atoms with Gasteiger partial charge in [0, 0.05) is 18.2 Å². The van der Waals surface area contributed by atoms with Crippen molar-refractivity contribution in [2.45, 2.75) is 49.1 Å². The number of ether oxygens (including phenoxy) is 3. The lowest BCUT2D eigenvalue weighted by Gasteiger charge is -2.42. The van der Waals surface area contributed by atoms with Gasteiger partial charge in [-0.25, -0.2) is 18.1 Å². The molecule has 3 N–H and O–H groups in total. The molecule has 2 fully saturated rings. The van der Waals surface area contributed by atoms with Crippen molar-refractivity contribution in [3.8, 4) is 11.5 Å². The second kappa shape index (κ2) is 10.0. The zero-order valence-electron chi connectivity index (χ0n) is 21.5. The number of carbonyl (C=O) groups excluding carboxylic acids is 1. The number of methoxy groups -OCH3 is 2. The van der Waals surface area contributed by atoms with Crippen LogP contribution < -0.4 is 18.9 Å². The van der Waals surface area contributed by atoms with Crippen molar-refractivity contribution in [1.82, 2.24) is 14.3 Å². The van der Waals surface area contributed by atoms with E-state index >= 15 is 0 Å². The Bertz CT molecular complexity index is 1500. The zero-order valence-corrected chi connectivity index (χ0v) is 23.9. The number of hydrogen-bond donors (Lipinski definition) is 3. The first-order chi connectivity index (χ1) is 18.7.